The average Bonchev–Trinajstić information content (AvgIpc) is 3.09. The molecule has 0 fully saturated rings. The Morgan fingerprint density at radius 2 is 1.85 bits per heavy atom. The first kappa shape index (κ1) is 16.8. The minimum atomic E-state index is -0.384. The largest absolute Gasteiger partial charge is 0.455 e. The van der Waals surface area contributed by atoms with Gasteiger partial charge in [-0.15, -0.1) is 0 Å². The molecule has 6 heteroatoms. The SMILES string of the molecule is Cc1c(-c2ccccc2)oc2c(C(=O)Nc3ccn(C)n3)cccc2c1=O. The van der Waals surface area contributed by atoms with E-state index in [9.17, 15) is 9.59 Å². The number of para-hydroxylation sites is 1. The molecule has 0 aliphatic heterocycles. The molecule has 27 heavy (non-hydrogen) atoms. The molecule has 0 saturated heterocycles. The molecule has 0 unspecified atom stereocenters. The molecule has 0 aliphatic rings. The normalized spacial score (nSPS) is 10.9. The second-order valence-corrected chi connectivity index (χ2v) is 6.26. The Morgan fingerprint density at radius 3 is 2.56 bits per heavy atom. The zero-order valence-corrected chi connectivity index (χ0v) is 14.9. The van der Waals surface area contributed by atoms with Gasteiger partial charge in [0, 0.05) is 30.4 Å². The number of fused-ring (bicyclic) bond motifs is 1. The van der Waals surface area contributed by atoms with E-state index < -0.39 is 0 Å². The Kier molecular flexibility index (Phi) is 4.08. The summed E-state index contributed by atoms with van der Waals surface area (Å²) in [5.41, 5.74) is 1.69. The summed E-state index contributed by atoms with van der Waals surface area (Å²) in [4.78, 5) is 25.6. The predicted octanol–water partition coefficient (Wildman–Crippen LogP) is 3.75. The van der Waals surface area contributed by atoms with Gasteiger partial charge in [-0.05, 0) is 19.1 Å². The summed E-state index contributed by atoms with van der Waals surface area (Å²) in [6, 6.07) is 16.0. The average molecular weight is 359 g/mol. The van der Waals surface area contributed by atoms with E-state index in [1.165, 1.54) is 0 Å². The highest BCUT2D eigenvalue weighted by molar-refractivity contribution is 6.11. The van der Waals surface area contributed by atoms with Crippen molar-refractivity contribution in [1.82, 2.24) is 9.78 Å². The maximum absolute atomic E-state index is 12.9. The van der Waals surface area contributed by atoms with Gasteiger partial charge in [0.05, 0.1) is 10.9 Å². The van der Waals surface area contributed by atoms with Gasteiger partial charge in [0.1, 0.15) is 5.76 Å². The van der Waals surface area contributed by atoms with Crippen LogP contribution in [0.15, 0.2) is 70.0 Å². The molecule has 134 valence electrons. The van der Waals surface area contributed by atoms with Crippen LogP contribution in [0.3, 0.4) is 0 Å². The summed E-state index contributed by atoms with van der Waals surface area (Å²) in [7, 11) is 1.77. The van der Waals surface area contributed by atoms with Crippen molar-refractivity contribution in [3.8, 4) is 11.3 Å². The van der Waals surface area contributed by atoms with E-state index in [0.717, 1.165) is 5.56 Å². The molecular weight excluding hydrogens is 342 g/mol. The van der Waals surface area contributed by atoms with Crippen molar-refractivity contribution in [1.29, 1.82) is 0 Å². The summed E-state index contributed by atoms with van der Waals surface area (Å²) in [6.45, 7) is 1.73. The van der Waals surface area contributed by atoms with E-state index in [0.29, 0.717) is 22.5 Å². The smallest absolute Gasteiger partial charge is 0.260 e. The van der Waals surface area contributed by atoms with Crippen LogP contribution in [0, 0.1) is 6.92 Å². The minimum Gasteiger partial charge on any atom is -0.455 e. The lowest BCUT2D eigenvalue weighted by Gasteiger charge is -2.10. The summed E-state index contributed by atoms with van der Waals surface area (Å²) >= 11 is 0. The topological polar surface area (TPSA) is 77.1 Å². The Hall–Kier alpha value is -3.67. The summed E-state index contributed by atoms with van der Waals surface area (Å²) < 4.78 is 7.66. The standard InChI is InChI=1S/C21H17N3O3/c1-13-18(25)15-9-6-10-16(21(26)22-17-11-12-24(2)23-17)20(15)27-19(13)14-7-4-3-5-8-14/h3-12H,1-2H3,(H,22,23,26). The van der Waals surface area contributed by atoms with Crippen LogP contribution in [-0.4, -0.2) is 15.7 Å². The summed E-state index contributed by atoms with van der Waals surface area (Å²) in [6.07, 6.45) is 1.73. The second-order valence-electron chi connectivity index (χ2n) is 6.26. The molecule has 0 atom stereocenters. The molecule has 0 aliphatic carbocycles. The number of aromatic nitrogens is 2. The van der Waals surface area contributed by atoms with Gasteiger partial charge in [0.25, 0.3) is 5.91 Å². The van der Waals surface area contributed by atoms with Gasteiger partial charge in [-0.1, -0.05) is 36.4 Å². The molecule has 1 amide bonds. The number of aryl methyl sites for hydroxylation is 1. The van der Waals surface area contributed by atoms with E-state index in [4.69, 9.17) is 4.42 Å². The van der Waals surface area contributed by atoms with Crippen molar-refractivity contribution in [2.75, 3.05) is 5.32 Å². The Bertz CT molecular complexity index is 1210. The number of nitrogens with zero attached hydrogens (tertiary/aromatic N) is 2. The maximum atomic E-state index is 12.9. The number of anilines is 1. The second kappa shape index (κ2) is 6.57. The van der Waals surface area contributed by atoms with Gasteiger partial charge >= 0.3 is 0 Å². The van der Waals surface area contributed by atoms with Crippen LogP contribution in [0.2, 0.25) is 0 Å². The Labute approximate surface area is 155 Å². The molecule has 0 saturated carbocycles. The van der Waals surface area contributed by atoms with Crippen molar-refractivity contribution in [2.24, 2.45) is 7.05 Å². The van der Waals surface area contributed by atoms with Gasteiger partial charge in [-0.25, -0.2) is 0 Å². The number of rotatable bonds is 3. The highest BCUT2D eigenvalue weighted by Crippen LogP contribution is 2.27. The Morgan fingerprint density at radius 1 is 1.07 bits per heavy atom. The van der Waals surface area contributed by atoms with Gasteiger partial charge in [0.2, 0.25) is 0 Å². The highest BCUT2D eigenvalue weighted by atomic mass is 16.3. The van der Waals surface area contributed by atoms with Crippen molar-refractivity contribution in [3.05, 3.63) is 82.1 Å². The first-order valence-electron chi connectivity index (χ1n) is 8.47. The van der Waals surface area contributed by atoms with Crippen molar-refractivity contribution in [2.45, 2.75) is 6.92 Å². The van der Waals surface area contributed by atoms with Gasteiger partial charge in [-0.2, -0.15) is 5.10 Å². The van der Waals surface area contributed by atoms with E-state index in [-0.39, 0.29) is 22.5 Å². The van der Waals surface area contributed by atoms with Crippen LogP contribution in [0.4, 0.5) is 5.82 Å². The highest BCUT2D eigenvalue weighted by Gasteiger charge is 2.18. The van der Waals surface area contributed by atoms with Crippen molar-refractivity contribution >= 4 is 22.7 Å². The molecule has 0 spiro atoms. The predicted molar refractivity (Wildman–Crippen MR) is 104 cm³/mol. The van der Waals surface area contributed by atoms with Crippen LogP contribution in [-0.2, 0) is 7.05 Å². The molecule has 4 rings (SSSR count). The van der Waals surface area contributed by atoms with Crippen molar-refractivity contribution in [3.63, 3.8) is 0 Å². The third-order valence-corrected chi connectivity index (χ3v) is 4.38. The number of nitrogens with one attached hydrogen (secondary N) is 1. The molecule has 0 bridgehead atoms. The summed E-state index contributed by atoms with van der Waals surface area (Å²) in [5.74, 6) is 0.508. The van der Waals surface area contributed by atoms with Crippen LogP contribution < -0.4 is 10.7 Å². The molecule has 4 aromatic rings. The van der Waals surface area contributed by atoms with E-state index in [1.54, 1.807) is 49.1 Å². The fourth-order valence-electron chi connectivity index (χ4n) is 3.02. The lowest BCUT2D eigenvalue weighted by Crippen LogP contribution is -2.15. The zero-order valence-electron chi connectivity index (χ0n) is 14.9. The lowest BCUT2D eigenvalue weighted by molar-refractivity contribution is 0.102. The third kappa shape index (κ3) is 3.01. The molecular formula is C21H17N3O3. The molecule has 2 aromatic carbocycles. The fourth-order valence-corrected chi connectivity index (χ4v) is 3.02. The third-order valence-electron chi connectivity index (χ3n) is 4.38. The van der Waals surface area contributed by atoms with Crippen LogP contribution in [0.5, 0.6) is 0 Å². The Balaban J connectivity index is 1.88. The molecule has 2 heterocycles. The van der Waals surface area contributed by atoms with Crippen LogP contribution in [0.25, 0.3) is 22.3 Å². The molecule has 0 radical (unpaired) electrons. The van der Waals surface area contributed by atoms with Crippen LogP contribution in [0.1, 0.15) is 15.9 Å². The first-order valence-corrected chi connectivity index (χ1v) is 8.47. The van der Waals surface area contributed by atoms with E-state index in [2.05, 4.69) is 10.4 Å². The summed E-state index contributed by atoms with van der Waals surface area (Å²) in [5, 5.41) is 7.25. The minimum absolute atomic E-state index is 0.150. The maximum Gasteiger partial charge on any atom is 0.260 e. The number of benzene rings is 2. The first-order chi connectivity index (χ1) is 13.0. The van der Waals surface area contributed by atoms with Gasteiger partial charge in [-0.3, -0.25) is 14.3 Å². The van der Waals surface area contributed by atoms with E-state index >= 15 is 0 Å². The zero-order chi connectivity index (χ0) is 19.0. The van der Waals surface area contributed by atoms with Crippen LogP contribution >= 0.6 is 0 Å². The quantitative estimate of drug-likeness (QED) is 0.604. The fraction of sp³-hybridized carbons (Fsp3) is 0.0952. The van der Waals surface area contributed by atoms with Gasteiger partial charge < -0.3 is 9.73 Å². The lowest BCUT2D eigenvalue weighted by atomic mass is 10.0. The number of carbonyl (C=O) groups is 1. The molecule has 1 N–H and O–H groups in total. The monoisotopic (exact) mass is 359 g/mol. The number of hydrogen-bond donors (Lipinski definition) is 1. The number of carbonyl (C=O) groups excluding carboxylic acids is 1. The molecule has 6 nitrogen and oxygen atoms in total. The van der Waals surface area contributed by atoms with E-state index in [1.807, 2.05) is 30.3 Å². The van der Waals surface area contributed by atoms with Crippen molar-refractivity contribution < 1.29 is 9.21 Å². The number of amides is 1. The molecule has 2 aromatic heterocycles. The number of hydrogen-bond acceptors (Lipinski definition) is 4. The van der Waals surface area contributed by atoms with Gasteiger partial charge in [0.15, 0.2) is 16.8 Å².